The van der Waals surface area contributed by atoms with Crippen molar-refractivity contribution in [3.8, 4) is 0 Å². The van der Waals surface area contributed by atoms with Gasteiger partial charge < -0.3 is 10.2 Å². The van der Waals surface area contributed by atoms with Crippen LogP contribution in [-0.2, 0) is 14.4 Å². The fraction of sp³-hybridized carbons (Fsp3) is 0.840. The minimum Gasteiger partial charge on any atom is -0.315 e. The summed E-state index contributed by atoms with van der Waals surface area (Å²) in [5.74, 6) is 3.94. The molecule has 1 rings (SSSR count). The Balaban J connectivity index is 2.17. The summed E-state index contributed by atoms with van der Waals surface area (Å²) in [7, 11) is 0. The van der Waals surface area contributed by atoms with Crippen molar-refractivity contribution in [2.75, 3.05) is 62.3 Å². The second kappa shape index (κ2) is 15.8. The lowest BCUT2D eigenvalue weighted by molar-refractivity contribution is -0.139. The minimum atomic E-state index is -0.177. The number of hydrogen-bond acceptors (Lipinski definition) is 7. The number of likely N-dealkylation sites (N-methyl/N-ethyl adjacent to an activating group) is 2. The summed E-state index contributed by atoms with van der Waals surface area (Å²) in [6.45, 7) is 14.9. The van der Waals surface area contributed by atoms with Gasteiger partial charge in [-0.2, -0.15) is 23.5 Å². The van der Waals surface area contributed by atoms with E-state index in [9.17, 15) is 19.2 Å². The molecule has 1 aliphatic rings. The van der Waals surface area contributed by atoms with Gasteiger partial charge >= 0.3 is 6.03 Å². The van der Waals surface area contributed by atoms with Crippen LogP contribution in [0.3, 0.4) is 0 Å². The van der Waals surface area contributed by atoms with Crippen molar-refractivity contribution in [1.82, 2.24) is 20.0 Å². The molecule has 0 aliphatic carbocycles. The molecule has 1 heterocycles. The number of nitrogens with one attached hydrogen (secondary N) is 1. The van der Waals surface area contributed by atoms with Gasteiger partial charge in [0, 0.05) is 19.6 Å². The van der Waals surface area contributed by atoms with E-state index in [1.165, 1.54) is 9.80 Å². The molecule has 0 spiro atoms. The Hall–Kier alpha value is -1.26. The van der Waals surface area contributed by atoms with Gasteiger partial charge in [-0.25, -0.2) is 4.79 Å². The highest BCUT2D eigenvalue weighted by atomic mass is 32.2. The Kier molecular flexibility index (Phi) is 14.3. The molecule has 0 unspecified atom stereocenters. The maximum atomic E-state index is 12.3. The zero-order valence-electron chi connectivity index (χ0n) is 22.6. The monoisotopic (exact) mass is 530 g/mol. The van der Waals surface area contributed by atoms with E-state index in [4.69, 9.17) is 0 Å². The van der Waals surface area contributed by atoms with Crippen LogP contribution in [-0.4, -0.2) is 101 Å². The standard InChI is InChI=1S/C25H46N4O4S2/c1-7-26-16-21(31)28(20-30)18-24(3,4)10-14-34-12-9-13-35-15-11-25(5,6)19-29-22(32)17-27(8-2)23(29)33/h20,26H,7-19H2,1-6H3. The van der Waals surface area contributed by atoms with Crippen molar-refractivity contribution in [2.45, 2.75) is 60.8 Å². The third kappa shape index (κ3) is 12.0. The predicted molar refractivity (Wildman–Crippen MR) is 147 cm³/mol. The molecule has 1 fully saturated rings. The molecule has 35 heavy (non-hydrogen) atoms. The Morgan fingerprint density at radius 3 is 2.14 bits per heavy atom. The second-order valence-electron chi connectivity index (χ2n) is 10.6. The molecular weight excluding hydrogens is 484 g/mol. The summed E-state index contributed by atoms with van der Waals surface area (Å²) in [5.41, 5.74) is -0.200. The van der Waals surface area contributed by atoms with E-state index in [1.54, 1.807) is 4.90 Å². The summed E-state index contributed by atoms with van der Waals surface area (Å²) in [6, 6.07) is -0.155. The molecule has 10 heteroatoms. The molecular formula is C25H46N4O4S2. The number of nitrogens with zero attached hydrogens (tertiary/aromatic N) is 3. The van der Waals surface area contributed by atoms with E-state index in [0.29, 0.717) is 32.6 Å². The van der Waals surface area contributed by atoms with Gasteiger partial charge in [0.1, 0.15) is 6.54 Å². The number of carbonyl (C=O) groups is 4. The molecule has 0 atom stereocenters. The lowest BCUT2D eigenvalue weighted by Crippen LogP contribution is -2.42. The number of hydrogen-bond donors (Lipinski definition) is 1. The molecule has 0 bridgehead atoms. The highest BCUT2D eigenvalue weighted by Crippen LogP contribution is 2.27. The van der Waals surface area contributed by atoms with Gasteiger partial charge in [-0.15, -0.1) is 0 Å². The SMILES string of the molecule is CCNCC(=O)N(C=O)CC(C)(C)CCSCCCSCCC(C)(C)CN1C(=O)CN(CC)C1=O. The number of urea groups is 1. The number of carbonyl (C=O) groups excluding carboxylic acids is 4. The van der Waals surface area contributed by atoms with Gasteiger partial charge in [0.05, 0.1) is 6.54 Å². The Morgan fingerprint density at radius 1 is 1.03 bits per heavy atom. The molecule has 0 aromatic heterocycles. The summed E-state index contributed by atoms with van der Waals surface area (Å²) < 4.78 is 0. The third-order valence-electron chi connectivity index (χ3n) is 6.09. The molecule has 0 radical (unpaired) electrons. The van der Waals surface area contributed by atoms with E-state index in [2.05, 4.69) is 33.0 Å². The first kappa shape index (κ1) is 31.8. The summed E-state index contributed by atoms with van der Waals surface area (Å²) in [4.78, 5) is 52.2. The molecule has 0 saturated carbocycles. The maximum absolute atomic E-state index is 12.3. The fourth-order valence-electron chi connectivity index (χ4n) is 3.73. The van der Waals surface area contributed by atoms with Crippen LogP contribution >= 0.6 is 23.5 Å². The van der Waals surface area contributed by atoms with Crippen molar-refractivity contribution >= 4 is 47.8 Å². The summed E-state index contributed by atoms with van der Waals surface area (Å²) >= 11 is 3.85. The number of thioether (sulfide) groups is 2. The molecule has 0 aromatic rings. The van der Waals surface area contributed by atoms with Crippen LogP contribution in [0.25, 0.3) is 0 Å². The zero-order valence-corrected chi connectivity index (χ0v) is 24.2. The number of imide groups is 2. The van der Waals surface area contributed by atoms with Crippen LogP contribution in [0.1, 0.15) is 60.8 Å². The van der Waals surface area contributed by atoms with Crippen LogP contribution in [0, 0.1) is 10.8 Å². The van der Waals surface area contributed by atoms with Crippen molar-refractivity contribution in [1.29, 1.82) is 0 Å². The van der Waals surface area contributed by atoms with Gasteiger partial charge in [-0.3, -0.25) is 24.2 Å². The molecule has 5 amide bonds. The summed E-state index contributed by atoms with van der Waals surface area (Å²) in [6.07, 6.45) is 3.68. The van der Waals surface area contributed by atoms with Crippen molar-refractivity contribution in [3.05, 3.63) is 0 Å². The van der Waals surface area contributed by atoms with E-state index in [1.807, 2.05) is 37.4 Å². The van der Waals surface area contributed by atoms with Crippen LogP contribution in [0.2, 0.25) is 0 Å². The van der Waals surface area contributed by atoms with Gasteiger partial charge in [-0.05, 0) is 66.6 Å². The minimum absolute atomic E-state index is 0.0863. The number of rotatable bonds is 19. The smallest absolute Gasteiger partial charge is 0.315 e. The Morgan fingerprint density at radius 2 is 1.63 bits per heavy atom. The van der Waals surface area contributed by atoms with Gasteiger partial charge in [0.15, 0.2) is 0 Å². The highest BCUT2D eigenvalue weighted by Gasteiger charge is 2.38. The average molecular weight is 531 g/mol. The van der Waals surface area contributed by atoms with E-state index in [0.717, 1.165) is 42.3 Å². The molecule has 1 N–H and O–H groups in total. The van der Waals surface area contributed by atoms with Crippen molar-refractivity contribution in [2.24, 2.45) is 10.8 Å². The van der Waals surface area contributed by atoms with Crippen LogP contribution in [0.15, 0.2) is 0 Å². The molecule has 1 saturated heterocycles. The quantitative estimate of drug-likeness (QED) is 0.155. The van der Waals surface area contributed by atoms with Gasteiger partial charge in [0.25, 0.3) is 0 Å². The van der Waals surface area contributed by atoms with Gasteiger partial charge in [0.2, 0.25) is 18.2 Å². The first-order chi connectivity index (χ1) is 16.5. The van der Waals surface area contributed by atoms with Crippen LogP contribution in [0.5, 0.6) is 0 Å². The lowest BCUT2D eigenvalue weighted by atomic mass is 9.89. The molecule has 1 aliphatic heterocycles. The first-order valence-electron chi connectivity index (χ1n) is 12.7. The van der Waals surface area contributed by atoms with Crippen LogP contribution in [0.4, 0.5) is 4.79 Å². The van der Waals surface area contributed by atoms with Crippen LogP contribution < -0.4 is 5.32 Å². The highest BCUT2D eigenvalue weighted by molar-refractivity contribution is 8.00. The average Bonchev–Trinajstić information content (AvgIpc) is 3.06. The van der Waals surface area contributed by atoms with E-state index < -0.39 is 0 Å². The predicted octanol–water partition coefficient (Wildman–Crippen LogP) is 3.55. The molecule has 202 valence electrons. The van der Waals surface area contributed by atoms with E-state index >= 15 is 0 Å². The number of amides is 5. The van der Waals surface area contributed by atoms with Crippen molar-refractivity contribution in [3.63, 3.8) is 0 Å². The lowest BCUT2D eigenvalue weighted by Gasteiger charge is -2.29. The largest absolute Gasteiger partial charge is 0.327 e. The molecule has 8 nitrogen and oxygen atoms in total. The first-order valence-corrected chi connectivity index (χ1v) is 15.0. The maximum Gasteiger partial charge on any atom is 0.327 e. The molecule has 0 aromatic carbocycles. The van der Waals surface area contributed by atoms with E-state index in [-0.39, 0.29) is 41.8 Å². The Bertz CT molecular complexity index is 703. The fourth-order valence-corrected chi connectivity index (χ4v) is 6.41. The third-order valence-corrected chi connectivity index (χ3v) is 8.23. The van der Waals surface area contributed by atoms with Gasteiger partial charge in [-0.1, -0.05) is 34.6 Å². The Labute approximate surface area is 220 Å². The normalized spacial score (nSPS) is 14.7. The second-order valence-corrected chi connectivity index (χ2v) is 13.0. The summed E-state index contributed by atoms with van der Waals surface area (Å²) in [5, 5.41) is 2.97. The van der Waals surface area contributed by atoms with Crippen molar-refractivity contribution < 1.29 is 19.2 Å². The topological polar surface area (TPSA) is 90.0 Å². The zero-order chi connectivity index (χ0) is 26.5.